The number of ether oxygens (including phenoxy) is 1. The van der Waals surface area contributed by atoms with Gasteiger partial charge in [-0.1, -0.05) is 49.7 Å². The van der Waals surface area contributed by atoms with Crippen molar-refractivity contribution in [1.82, 2.24) is 5.32 Å². The second kappa shape index (κ2) is 8.68. The Morgan fingerprint density at radius 1 is 1.13 bits per heavy atom. The maximum absolute atomic E-state index is 12.9. The molecule has 0 bridgehead atoms. The van der Waals surface area contributed by atoms with Crippen LogP contribution in [0.1, 0.15) is 50.3 Å². The average Bonchev–Trinajstić information content (AvgIpc) is 2.72. The van der Waals surface area contributed by atoms with Gasteiger partial charge in [0.25, 0.3) is 0 Å². The highest BCUT2D eigenvalue weighted by molar-refractivity contribution is 7.92. The molecule has 2 aromatic carbocycles. The van der Waals surface area contributed by atoms with E-state index < -0.39 is 10.0 Å². The zero-order valence-electron chi connectivity index (χ0n) is 18.0. The normalized spacial score (nSPS) is 17.5. The van der Waals surface area contributed by atoms with Crippen molar-refractivity contribution in [2.24, 2.45) is 0 Å². The molecule has 0 saturated heterocycles. The van der Waals surface area contributed by atoms with E-state index >= 15 is 0 Å². The molecule has 0 aromatic heterocycles. The predicted molar refractivity (Wildman–Crippen MR) is 119 cm³/mol. The lowest BCUT2D eigenvalue weighted by molar-refractivity contribution is -0.121. The maximum Gasteiger partial charge on any atom is 0.241 e. The van der Waals surface area contributed by atoms with Crippen LogP contribution < -0.4 is 14.4 Å². The Labute approximate surface area is 179 Å². The van der Waals surface area contributed by atoms with Gasteiger partial charge in [0.15, 0.2) is 0 Å². The summed E-state index contributed by atoms with van der Waals surface area (Å²) in [6, 6.07) is 14.6. The van der Waals surface area contributed by atoms with Gasteiger partial charge < -0.3 is 10.1 Å². The van der Waals surface area contributed by atoms with E-state index in [-0.39, 0.29) is 24.1 Å². The molecular formula is C23H30N2O4S. The topological polar surface area (TPSA) is 75.7 Å². The van der Waals surface area contributed by atoms with E-state index in [1.807, 2.05) is 43.3 Å². The number of benzene rings is 2. The fourth-order valence-corrected chi connectivity index (χ4v) is 4.77. The van der Waals surface area contributed by atoms with E-state index in [0.717, 1.165) is 40.3 Å². The maximum atomic E-state index is 12.9. The number of anilines is 1. The van der Waals surface area contributed by atoms with E-state index in [1.54, 1.807) is 12.1 Å². The van der Waals surface area contributed by atoms with E-state index in [0.29, 0.717) is 12.1 Å². The molecule has 6 nitrogen and oxygen atoms in total. The number of carbonyl (C=O) groups excluding carboxylic acids is 1. The van der Waals surface area contributed by atoms with Gasteiger partial charge >= 0.3 is 0 Å². The number of fused-ring (bicyclic) bond motifs is 1. The first-order chi connectivity index (χ1) is 14.2. The highest BCUT2D eigenvalue weighted by Crippen LogP contribution is 2.42. The van der Waals surface area contributed by atoms with Crippen LogP contribution >= 0.6 is 0 Å². The minimum Gasteiger partial charge on any atom is -0.487 e. The van der Waals surface area contributed by atoms with Crippen LogP contribution in [-0.4, -0.2) is 32.7 Å². The van der Waals surface area contributed by atoms with Crippen LogP contribution in [0.5, 0.6) is 5.75 Å². The number of carbonyl (C=O) groups is 1. The Morgan fingerprint density at radius 3 is 2.37 bits per heavy atom. The Hall–Kier alpha value is -2.54. The smallest absolute Gasteiger partial charge is 0.241 e. The fraction of sp³-hybridized carbons (Fsp3) is 0.435. The van der Waals surface area contributed by atoms with Crippen molar-refractivity contribution in [3.63, 3.8) is 0 Å². The molecule has 1 atom stereocenters. The van der Waals surface area contributed by atoms with Gasteiger partial charge in [-0.05, 0) is 38.0 Å². The third-order valence-electron chi connectivity index (χ3n) is 5.83. The molecule has 1 amide bonds. The molecule has 1 aliphatic rings. The molecule has 3 rings (SSSR count). The SMILES string of the molecule is CCC1(CC)C[C@H](NC(=O)CN(c2ccc(C)cc2)S(C)(=O)=O)c2ccccc2O1. The zero-order chi connectivity index (χ0) is 21.9. The van der Waals surface area contributed by atoms with Gasteiger partial charge in [0.05, 0.1) is 18.0 Å². The molecule has 0 unspecified atom stereocenters. The van der Waals surface area contributed by atoms with Crippen LogP contribution in [0.25, 0.3) is 0 Å². The van der Waals surface area contributed by atoms with Gasteiger partial charge in [-0.15, -0.1) is 0 Å². The van der Waals surface area contributed by atoms with Gasteiger partial charge in [0.1, 0.15) is 17.9 Å². The molecule has 162 valence electrons. The van der Waals surface area contributed by atoms with Gasteiger partial charge in [0.2, 0.25) is 15.9 Å². The lowest BCUT2D eigenvalue weighted by Gasteiger charge is -2.41. The molecule has 30 heavy (non-hydrogen) atoms. The van der Waals surface area contributed by atoms with Gasteiger partial charge in [-0.25, -0.2) is 8.42 Å². The standard InChI is InChI=1S/C23H30N2O4S/c1-5-23(6-2)15-20(19-9-7-8-10-21(19)29-23)24-22(26)16-25(30(4,27)28)18-13-11-17(3)12-14-18/h7-14,20H,5-6,15-16H2,1-4H3,(H,24,26)/t20-/m0/s1. The number of amides is 1. The van der Waals surface area contributed by atoms with Crippen molar-refractivity contribution in [3.8, 4) is 5.75 Å². The van der Waals surface area contributed by atoms with Crippen LogP contribution in [-0.2, 0) is 14.8 Å². The highest BCUT2D eigenvalue weighted by Gasteiger charge is 2.39. The molecular weight excluding hydrogens is 400 g/mol. The molecule has 0 fully saturated rings. The van der Waals surface area contributed by atoms with E-state index in [4.69, 9.17) is 4.74 Å². The Kier molecular flexibility index (Phi) is 6.41. The van der Waals surface area contributed by atoms with E-state index in [9.17, 15) is 13.2 Å². The molecule has 1 N–H and O–H groups in total. The number of nitrogens with zero attached hydrogens (tertiary/aromatic N) is 1. The fourth-order valence-electron chi connectivity index (χ4n) is 3.91. The van der Waals surface area contributed by atoms with Crippen molar-refractivity contribution in [1.29, 1.82) is 0 Å². The first kappa shape index (κ1) is 22.2. The number of para-hydroxylation sites is 1. The van der Waals surface area contributed by atoms with Crippen LogP contribution in [0.15, 0.2) is 48.5 Å². The summed E-state index contributed by atoms with van der Waals surface area (Å²) in [6.07, 6.45) is 3.40. The molecule has 0 saturated carbocycles. The molecule has 2 aromatic rings. The highest BCUT2D eigenvalue weighted by atomic mass is 32.2. The summed E-state index contributed by atoms with van der Waals surface area (Å²) in [5, 5.41) is 3.06. The average molecular weight is 431 g/mol. The van der Waals surface area contributed by atoms with E-state index in [1.165, 1.54) is 0 Å². The van der Waals surface area contributed by atoms with Crippen LogP contribution in [0, 0.1) is 6.92 Å². The van der Waals surface area contributed by atoms with Crippen molar-refractivity contribution < 1.29 is 17.9 Å². The Morgan fingerprint density at radius 2 is 1.77 bits per heavy atom. The summed E-state index contributed by atoms with van der Waals surface area (Å²) in [5.41, 5.74) is 2.07. The third-order valence-corrected chi connectivity index (χ3v) is 6.97. The van der Waals surface area contributed by atoms with Crippen LogP contribution in [0.4, 0.5) is 5.69 Å². The van der Waals surface area contributed by atoms with Crippen LogP contribution in [0.3, 0.4) is 0 Å². The zero-order valence-corrected chi connectivity index (χ0v) is 18.8. The first-order valence-electron chi connectivity index (χ1n) is 10.3. The van der Waals surface area contributed by atoms with Gasteiger partial charge in [-0.3, -0.25) is 9.10 Å². The summed E-state index contributed by atoms with van der Waals surface area (Å²) >= 11 is 0. The predicted octanol–water partition coefficient (Wildman–Crippen LogP) is 3.96. The minimum atomic E-state index is -3.61. The summed E-state index contributed by atoms with van der Waals surface area (Å²) in [4.78, 5) is 12.9. The molecule has 7 heteroatoms. The van der Waals surface area contributed by atoms with Crippen molar-refractivity contribution >= 4 is 21.6 Å². The minimum absolute atomic E-state index is 0.234. The number of nitrogens with one attached hydrogen (secondary N) is 1. The molecule has 0 radical (unpaired) electrons. The lowest BCUT2D eigenvalue weighted by Crippen LogP contribution is -2.47. The van der Waals surface area contributed by atoms with Crippen molar-refractivity contribution in [3.05, 3.63) is 59.7 Å². The first-order valence-corrected chi connectivity index (χ1v) is 12.1. The van der Waals surface area contributed by atoms with Crippen molar-refractivity contribution in [2.75, 3.05) is 17.1 Å². The van der Waals surface area contributed by atoms with Gasteiger partial charge in [-0.2, -0.15) is 0 Å². The Balaban J connectivity index is 1.84. The van der Waals surface area contributed by atoms with Gasteiger partial charge in [0, 0.05) is 12.0 Å². The summed E-state index contributed by atoms with van der Waals surface area (Å²) in [7, 11) is -3.61. The monoisotopic (exact) mass is 430 g/mol. The number of hydrogen-bond donors (Lipinski definition) is 1. The summed E-state index contributed by atoms with van der Waals surface area (Å²) in [6.45, 7) is 5.82. The third kappa shape index (κ3) is 4.78. The quantitative estimate of drug-likeness (QED) is 0.721. The van der Waals surface area contributed by atoms with E-state index in [2.05, 4.69) is 19.2 Å². The second-order valence-corrected chi connectivity index (χ2v) is 9.87. The summed E-state index contributed by atoms with van der Waals surface area (Å²) in [5.74, 6) is 0.431. The lowest BCUT2D eigenvalue weighted by atomic mass is 9.83. The van der Waals surface area contributed by atoms with Crippen molar-refractivity contribution in [2.45, 2.75) is 51.7 Å². The Bertz CT molecular complexity index is 998. The number of aryl methyl sites for hydroxylation is 1. The summed E-state index contributed by atoms with van der Waals surface area (Å²) < 4.78 is 32.2. The molecule has 1 heterocycles. The largest absolute Gasteiger partial charge is 0.487 e. The number of rotatable bonds is 7. The van der Waals surface area contributed by atoms with Crippen LogP contribution in [0.2, 0.25) is 0 Å². The molecule has 0 spiro atoms. The number of hydrogen-bond acceptors (Lipinski definition) is 4. The molecule has 0 aliphatic carbocycles. The second-order valence-electron chi connectivity index (χ2n) is 7.96. The number of sulfonamides is 1. The molecule has 1 aliphatic heterocycles.